The maximum absolute atomic E-state index is 13.6. The minimum absolute atomic E-state index is 0.0750. The van der Waals surface area contributed by atoms with Gasteiger partial charge < -0.3 is 15.1 Å². The summed E-state index contributed by atoms with van der Waals surface area (Å²) in [6.07, 6.45) is -3.38. The van der Waals surface area contributed by atoms with Crippen molar-refractivity contribution < 1.29 is 22.4 Å². The number of hydrogen-bond acceptors (Lipinski definition) is 4. The van der Waals surface area contributed by atoms with Gasteiger partial charge in [-0.15, -0.1) is 0 Å². The number of nitrogens with zero attached hydrogens (tertiary/aromatic N) is 2. The van der Waals surface area contributed by atoms with Gasteiger partial charge in [0.25, 0.3) is 5.91 Å². The standard InChI is InChI=1S/C20H19F3N4O2/c1-12-4-6-13(7-5-12)11-24-19(28)15-10-18-25-14(16-3-2-8-29-16)9-17(20(21,22)23)27(18)26-15/h2-8,10,14,17,25H,9,11H2,1H3,(H,24,28)/t14-,17+/m1/s1. The monoisotopic (exact) mass is 404 g/mol. The Kier molecular flexibility index (Phi) is 4.81. The zero-order valence-corrected chi connectivity index (χ0v) is 15.5. The third-order valence-corrected chi connectivity index (χ3v) is 4.88. The Morgan fingerprint density at radius 1 is 1.31 bits per heavy atom. The Morgan fingerprint density at radius 3 is 2.72 bits per heavy atom. The van der Waals surface area contributed by atoms with Crippen LogP contribution in [-0.4, -0.2) is 21.9 Å². The molecule has 6 nitrogen and oxygen atoms in total. The number of rotatable bonds is 4. The van der Waals surface area contributed by atoms with Gasteiger partial charge in [-0.1, -0.05) is 29.8 Å². The Morgan fingerprint density at radius 2 is 2.07 bits per heavy atom. The first-order chi connectivity index (χ1) is 13.8. The number of alkyl halides is 3. The lowest BCUT2D eigenvalue weighted by Gasteiger charge is -2.32. The highest BCUT2D eigenvalue weighted by molar-refractivity contribution is 5.93. The van der Waals surface area contributed by atoms with E-state index < -0.39 is 24.2 Å². The predicted molar refractivity (Wildman–Crippen MR) is 99.4 cm³/mol. The Bertz CT molecular complexity index is 994. The molecule has 0 spiro atoms. The van der Waals surface area contributed by atoms with Gasteiger partial charge in [-0.3, -0.25) is 4.79 Å². The molecular formula is C20H19F3N4O2. The Hall–Kier alpha value is -3.23. The Labute approximate surface area is 164 Å². The van der Waals surface area contributed by atoms with Crippen molar-refractivity contribution in [3.8, 4) is 0 Å². The van der Waals surface area contributed by atoms with Crippen LogP contribution in [0, 0.1) is 6.92 Å². The van der Waals surface area contributed by atoms with Crippen LogP contribution in [0.25, 0.3) is 0 Å². The van der Waals surface area contributed by atoms with E-state index in [9.17, 15) is 18.0 Å². The molecule has 0 fully saturated rings. The number of hydrogen-bond donors (Lipinski definition) is 2. The Balaban J connectivity index is 1.55. The maximum Gasteiger partial charge on any atom is 0.410 e. The molecule has 0 unspecified atom stereocenters. The van der Waals surface area contributed by atoms with Gasteiger partial charge in [0.2, 0.25) is 0 Å². The van der Waals surface area contributed by atoms with Crippen molar-refractivity contribution in [1.82, 2.24) is 15.1 Å². The van der Waals surface area contributed by atoms with Crippen molar-refractivity contribution in [3.63, 3.8) is 0 Å². The lowest BCUT2D eigenvalue weighted by atomic mass is 10.0. The van der Waals surface area contributed by atoms with Crippen molar-refractivity contribution in [2.45, 2.75) is 38.1 Å². The van der Waals surface area contributed by atoms with E-state index >= 15 is 0 Å². The van der Waals surface area contributed by atoms with Gasteiger partial charge in [0.05, 0.1) is 12.3 Å². The van der Waals surface area contributed by atoms with Gasteiger partial charge in [-0.2, -0.15) is 18.3 Å². The summed E-state index contributed by atoms with van der Waals surface area (Å²) < 4.78 is 47.0. The van der Waals surface area contributed by atoms with E-state index in [1.807, 2.05) is 31.2 Å². The summed E-state index contributed by atoms with van der Waals surface area (Å²) in [6, 6.07) is 9.65. The molecule has 1 amide bonds. The molecule has 29 heavy (non-hydrogen) atoms. The van der Waals surface area contributed by atoms with E-state index in [4.69, 9.17) is 4.42 Å². The van der Waals surface area contributed by atoms with E-state index in [0.717, 1.165) is 15.8 Å². The van der Waals surface area contributed by atoms with Crippen LogP contribution in [0.2, 0.25) is 0 Å². The maximum atomic E-state index is 13.6. The number of nitrogens with one attached hydrogen (secondary N) is 2. The molecule has 152 valence electrons. The zero-order chi connectivity index (χ0) is 20.6. The molecule has 2 atom stereocenters. The largest absolute Gasteiger partial charge is 0.467 e. The first-order valence-corrected chi connectivity index (χ1v) is 9.11. The third-order valence-electron chi connectivity index (χ3n) is 4.88. The van der Waals surface area contributed by atoms with Gasteiger partial charge in [0.1, 0.15) is 11.6 Å². The number of carbonyl (C=O) groups is 1. The second kappa shape index (κ2) is 7.31. The lowest BCUT2D eigenvalue weighted by Crippen LogP contribution is -2.35. The topological polar surface area (TPSA) is 72.1 Å². The van der Waals surface area contributed by atoms with E-state index in [0.29, 0.717) is 5.76 Å². The number of halogens is 3. The number of fused-ring (bicyclic) bond motifs is 1. The summed E-state index contributed by atoms with van der Waals surface area (Å²) in [7, 11) is 0. The summed E-state index contributed by atoms with van der Waals surface area (Å²) >= 11 is 0. The molecule has 1 aliphatic rings. The van der Waals surface area contributed by atoms with Crippen LogP contribution in [0.4, 0.5) is 19.0 Å². The minimum Gasteiger partial charge on any atom is -0.467 e. The van der Waals surface area contributed by atoms with E-state index in [1.54, 1.807) is 12.1 Å². The van der Waals surface area contributed by atoms with Gasteiger partial charge in [-0.05, 0) is 24.6 Å². The molecular weight excluding hydrogens is 385 g/mol. The highest BCUT2D eigenvalue weighted by atomic mass is 19.4. The van der Waals surface area contributed by atoms with Crippen LogP contribution in [-0.2, 0) is 6.54 Å². The van der Waals surface area contributed by atoms with Gasteiger partial charge in [-0.25, -0.2) is 4.68 Å². The quantitative estimate of drug-likeness (QED) is 0.677. The highest BCUT2D eigenvalue weighted by Crippen LogP contribution is 2.43. The van der Waals surface area contributed by atoms with E-state index in [-0.39, 0.29) is 24.5 Å². The fourth-order valence-corrected chi connectivity index (χ4v) is 3.34. The molecule has 1 aliphatic heterocycles. The fourth-order valence-electron chi connectivity index (χ4n) is 3.34. The van der Waals surface area contributed by atoms with Crippen molar-refractivity contribution in [2.24, 2.45) is 0 Å². The minimum atomic E-state index is -4.51. The number of anilines is 1. The summed E-state index contributed by atoms with van der Waals surface area (Å²) in [4.78, 5) is 12.5. The number of benzene rings is 1. The second-order valence-corrected chi connectivity index (χ2v) is 7.03. The predicted octanol–water partition coefficient (Wildman–Crippen LogP) is 4.37. The molecule has 0 aliphatic carbocycles. The lowest BCUT2D eigenvalue weighted by molar-refractivity contribution is -0.174. The van der Waals surface area contributed by atoms with E-state index in [2.05, 4.69) is 15.7 Å². The number of carbonyl (C=O) groups excluding carboxylic acids is 1. The van der Waals surface area contributed by atoms with Crippen molar-refractivity contribution in [1.29, 1.82) is 0 Å². The molecule has 1 aromatic carbocycles. The number of furan rings is 1. The third kappa shape index (κ3) is 3.98. The van der Waals surface area contributed by atoms with Crippen LogP contribution in [0.5, 0.6) is 0 Å². The average Bonchev–Trinajstić information content (AvgIpc) is 3.35. The summed E-state index contributed by atoms with van der Waals surface area (Å²) in [5.41, 5.74) is 1.91. The highest BCUT2D eigenvalue weighted by Gasteiger charge is 2.47. The van der Waals surface area contributed by atoms with Crippen LogP contribution in [0.15, 0.2) is 53.1 Å². The molecule has 0 saturated carbocycles. The molecule has 3 aromatic rings. The molecule has 9 heteroatoms. The molecule has 4 rings (SSSR count). The molecule has 0 radical (unpaired) electrons. The molecule has 2 aromatic heterocycles. The first-order valence-electron chi connectivity index (χ1n) is 9.11. The molecule has 2 N–H and O–H groups in total. The zero-order valence-electron chi connectivity index (χ0n) is 15.5. The van der Waals surface area contributed by atoms with Crippen LogP contribution >= 0.6 is 0 Å². The smallest absolute Gasteiger partial charge is 0.410 e. The van der Waals surface area contributed by atoms with Crippen molar-refractivity contribution in [2.75, 3.05) is 5.32 Å². The average molecular weight is 404 g/mol. The van der Waals surface area contributed by atoms with Crippen LogP contribution in [0.3, 0.4) is 0 Å². The first kappa shape index (κ1) is 19.1. The van der Waals surface area contributed by atoms with Crippen molar-refractivity contribution in [3.05, 3.63) is 71.3 Å². The summed E-state index contributed by atoms with van der Waals surface area (Å²) in [5.74, 6) is -0.0118. The van der Waals surface area contributed by atoms with Crippen molar-refractivity contribution >= 4 is 11.7 Å². The summed E-state index contributed by atoms with van der Waals surface area (Å²) in [5, 5.41) is 9.61. The summed E-state index contributed by atoms with van der Waals surface area (Å²) in [6.45, 7) is 2.21. The SMILES string of the molecule is Cc1ccc(CNC(=O)c2cc3n(n2)[C@H](C(F)(F)F)C[C@H](c2ccco2)N3)cc1. The molecule has 0 saturated heterocycles. The second-order valence-electron chi connectivity index (χ2n) is 7.03. The number of aryl methyl sites for hydroxylation is 1. The molecule has 3 heterocycles. The van der Waals surface area contributed by atoms with Crippen LogP contribution in [0.1, 0.15) is 45.9 Å². The van der Waals surface area contributed by atoms with Gasteiger partial charge in [0, 0.05) is 19.0 Å². The van der Waals surface area contributed by atoms with Crippen LogP contribution < -0.4 is 10.6 Å². The van der Waals surface area contributed by atoms with Gasteiger partial charge in [0.15, 0.2) is 11.7 Å². The number of aromatic nitrogens is 2. The fraction of sp³-hybridized carbons (Fsp3) is 0.300. The normalized spacial score (nSPS) is 18.8. The molecule has 0 bridgehead atoms. The van der Waals surface area contributed by atoms with Gasteiger partial charge >= 0.3 is 6.18 Å². The van der Waals surface area contributed by atoms with E-state index in [1.165, 1.54) is 12.3 Å². The number of amides is 1.